The van der Waals surface area contributed by atoms with Crippen LogP contribution in [0.4, 0.5) is 4.79 Å². The Kier molecular flexibility index (Phi) is 8.24. The summed E-state index contributed by atoms with van der Waals surface area (Å²) in [6.45, 7) is 3.46. The summed E-state index contributed by atoms with van der Waals surface area (Å²) in [7, 11) is 3.12. The molecule has 252 valence electrons. The lowest BCUT2D eigenvalue weighted by Crippen LogP contribution is -2.62. The summed E-state index contributed by atoms with van der Waals surface area (Å²) in [4.78, 5) is 25.7. The number of benzene rings is 2. The van der Waals surface area contributed by atoms with Gasteiger partial charge in [0.15, 0.2) is 18.5 Å². The molecular weight excluding hydrogens is 626 g/mol. The highest BCUT2D eigenvalue weighted by molar-refractivity contribution is 6.08. The summed E-state index contributed by atoms with van der Waals surface area (Å²) >= 11 is 0. The van der Waals surface area contributed by atoms with Gasteiger partial charge in [-0.05, 0) is 55.6 Å². The number of hydrogen-bond donors (Lipinski definition) is 4. The van der Waals surface area contributed by atoms with Crippen molar-refractivity contribution in [3.05, 3.63) is 46.5 Å². The molecule has 4 N–H and O–H groups in total. The minimum atomic E-state index is -1.22. The number of likely N-dealkylation sites (N-methyl/N-ethyl adjacent to an activating group) is 1. The van der Waals surface area contributed by atoms with Crippen LogP contribution in [-0.4, -0.2) is 109 Å². The summed E-state index contributed by atoms with van der Waals surface area (Å²) in [6, 6.07) is 5.82. The molecule has 10 atom stereocenters. The first-order chi connectivity index (χ1) is 23.0. The van der Waals surface area contributed by atoms with E-state index in [1.165, 1.54) is 13.2 Å². The number of phenols is 1. The van der Waals surface area contributed by atoms with Crippen molar-refractivity contribution in [1.82, 2.24) is 5.32 Å². The van der Waals surface area contributed by atoms with Crippen LogP contribution in [0.1, 0.15) is 35.7 Å². The van der Waals surface area contributed by atoms with Gasteiger partial charge >= 0.3 is 12.1 Å². The number of fused-ring (bicyclic) bond motifs is 2. The summed E-state index contributed by atoms with van der Waals surface area (Å²) < 4.78 is 40.2. The number of cyclic esters (lactones) is 2. The lowest BCUT2D eigenvalue weighted by molar-refractivity contribution is -0.275. The van der Waals surface area contributed by atoms with Gasteiger partial charge in [0.25, 0.3) is 0 Å². The fraction of sp³-hybridized carbons (Fsp3) is 0.486. The van der Waals surface area contributed by atoms with E-state index < -0.39 is 72.8 Å². The highest BCUT2D eigenvalue weighted by atomic mass is 16.8. The third-order valence-corrected chi connectivity index (χ3v) is 9.56. The third-order valence-electron chi connectivity index (χ3n) is 9.56. The second kappa shape index (κ2) is 12.3. The smallest absolute Gasteiger partial charge is 0.507 e. The summed E-state index contributed by atoms with van der Waals surface area (Å²) in [5, 5.41) is 36.4. The number of aliphatic hydroxyl groups excluding tert-OH is 2. The lowest BCUT2D eigenvalue weighted by Gasteiger charge is -2.42. The minimum Gasteiger partial charge on any atom is -0.507 e. The Bertz CT molecular complexity index is 1830. The molecule has 3 fully saturated rings. The van der Waals surface area contributed by atoms with E-state index in [4.69, 9.17) is 33.2 Å². The van der Waals surface area contributed by atoms with Gasteiger partial charge in [-0.1, -0.05) is 29.7 Å². The Morgan fingerprint density at radius 2 is 1.98 bits per heavy atom. The zero-order valence-electron chi connectivity index (χ0n) is 26.6. The summed E-state index contributed by atoms with van der Waals surface area (Å²) in [6.07, 6.45) is -7.98. The molecule has 0 spiro atoms. The Morgan fingerprint density at radius 1 is 1.17 bits per heavy atom. The molecule has 7 rings (SSSR count). The number of hydrogen-bond acceptors (Lipinski definition) is 13. The molecule has 13 nitrogen and oxygen atoms in total. The van der Waals surface area contributed by atoms with E-state index in [0.29, 0.717) is 22.3 Å². The van der Waals surface area contributed by atoms with E-state index in [-0.39, 0.29) is 30.8 Å². The standard InChI is InChI=1S/C35H35NO12/c1-16-12-19(42-4)14-22-20(16)8-9-23(37)27(22)32(40)45-24-13-18-10-11-35(26-15-43-34(41)46-26)25(48-35)7-5-6-21(18)31(24)47-33-28(36-3)30(39)29(38)17(2)44-33/h8-9,12,14,17,24-26,28-31,33,36-39H,6,13,15H2,1-4H3/t17-,24-,25-,26-,28-,29+,30-,31-,33-,35+/m1/s1. The van der Waals surface area contributed by atoms with E-state index in [0.717, 1.165) is 10.9 Å². The van der Waals surface area contributed by atoms with Crippen molar-refractivity contribution < 1.29 is 58.1 Å². The maximum Gasteiger partial charge on any atom is 0.508 e. The van der Waals surface area contributed by atoms with Gasteiger partial charge < -0.3 is 53.8 Å². The SMILES string of the molecule is CN[C@H]1[C@@H](O[C@@H]2C3=C(C#C[C@]4([C@H]5COC(=O)O5)O[C@@H]4C#CC3)C[C@H]2OC(=O)c2c(O)ccc3c(C)cc(OC)cc23)O[C@H](C)[C@H](O)[C@@H]1O. The van der Waals surface area contributed by atoms with E-state index in [2.05, 4.69) is 29.0 Å². The summed E-state index contributed by atoms with van der Waals surface area (Å²) in [5.41, 5.74) is 0.844. The van der Waals surface area contributed by atoms with Crippen LogP contribution in [0.2, 0.25) is 0 Å². The maximum absolute atomic E-state index is 14.0. The maximum atomic E-state index is 14.0. The van der Waals surface area contributed by atoms with Gasteiger partial charge in [0.2, 0.25) is 5.60 Å². The molecular formula is C35H35NO12. The highest BCUT2D eigenvalue weighted by Gasteiger charge is 2.65. The normalized spacial score (nSPS) is 35.0. The molecule has 2 aliphatic carbocycles. The average Bonchev–Trinajstić information content (AvgIpc) is 3.39. The number of epoxide rings is 1. The quantitative estimate of drug-likeness (QED) is 0.192. The van der Waals surface area contributed by atoms with Crippen LogP contribution in [-0.2, 0) is 28.4 Å². The number of phenolic OH excluding ortho intramolecular Hbond substituents is 1. The number of methoxy groups -OCH3 is 1. The Hall–Kier alpha value is -4.34. The molecule has 0 bridgehead atoms. The number of esters is 1. The Balaban J connectivity index is 1.25. The van der Waals surface area contributed by atoms with E-state index in [9.17, 15) is 24.9 Å². The van der Waals surface area contributed by atoms with Gasteiger partial charge in [-0.25, -0.2) is 9.59 Å². The zero-order chi connectivity index (χ0) is 33.9. The van der Waals surface area contributed by atoms with Crippen LogP contribution in [0.3, 0.4) is 0 Å². The van der Waals surface area contributed by atoms with Crippen LogP contribution in [0.15, 0.2) is 35.4 Å². The fourth-order valence-corrected chi connectivity index (χ4v) is 6.82. The number of aliphatic hydroxyl groups is 2. The number of aryl methyl sites for hydroxylation is 1. The van der Waals surface area contributed by atoms with Crippen molar-refractivity contribution in [3.63, 3.8) is 0 Å². The van der Waals surface area contributed by atoms with Gasteiger partial charge in [-0.3, -0.25) is 0 Å². The van der Waals surface area contributed by atoms with Crippen LogP contribution in [0.25, 0.3) is 10.8 Å². The van der Waals surface area contributed by atoms with Crippen molar-refractivity contribution in [3.8, 4) is 35.2 Å². The van der Waals surface area contributed by atoms with Crippen molar-refractivity contribution in [2.24, 2.45) is 0 Å². The molecule has 3 saturated heterocycles. The second-order valence-corrected chi connectivity index (χ2v) is 12.4. The van der Waals surface area contributed by atoms with Crippen LogP contribution in [0.5, 0.6) is 11.5 Å². The van der Waals surface area contributed by atoms with Crippen molar-refractivity contribution in [2.75, 3.05) is 20.8 Å². The molecule has 3 heterocycles. The topological polar surface area (TPSA) is 175 Å². The minimum absolute atomic E-state index is 0.0286. The first-order valence-corrected chi connectivity index (χ1v) is 15.6. The molecule has 0 saturated carbocycles. The monoisotopic (exact) mass is 661 g/mol. The molecule has 2 aromatic carbocycles. The Labute approximate surface area is 276 Å². The van der Waals surface area contributed by atoms with Crippen molar-refractivity contribution >= 4 is 22.9 Å². The second-order valence-electron chi connectivity index (χ2n) is 12.4. The van der Waals surface area contributed by atoms with Crippen molar-refractivity contribution in [2.45, 2.75) is 87.3 Å². The molecule has 2 aromatic rings. The van der Waals surface area contributed by atoms with Crippen LogP contribution >= 0.6 is 0 Å². The van der Waals surface area contributed by atoms with Gasteiger partial charge in [0.05, 0.1) is 19.3 Å². The van der Waals surface area contributed by atoms with E-state index >= 15 is 0 Å². The average molecular weight is 662 g/mol. The highest BCUT2D eigenvalue weighted by Crippen LogP contribution is 2.44. The van der Waals surface area contributed by atoms with Gasteiger partial charge in [0.1, 0.15) is 48.1 Å². The molecule has 48 heavy (non-hydrogen) atoms. The first kappa shape index (κ1) is 32.2. The molecule has 3 aliphatic heterocycles. The predicted octanol–water partition coefficient (Wildman–Crippen LogP) is 1.61. The molecule has 5 aliphatic rings. The summed E-state index contributed by atoms with van der Waals surface area (Å²) in [5.74, 6) is 11.9. The number of nitrogens with one attached hydrogen (secondary N) is 1. The number of carbonyl (C=O) groups is 2. The predicted molar refractivity (Wildman–Crippen MR) is 166 cm³/mol. The lowest BCUT2D eigenvalue weighted by atomic mass is 9.97. The van der Waals surface area contributed by atoms with Gasteiger partial charge in [0, 0.05) is 23.8 Å². The number of carbonyl (C=O) groups excluding carboxylic acids is 2. The fourth-order valence-electron chi connectivity index (χ4n) is 6.82. The molecule has 0 aromatic heterocycles. The number of ether oxygens (including phenoxy) is 7. The molecule has 0 radical (unpaired) electrons. The molecule has 0 unspecified atom stereocenters. The van der Waals surface area contributed by atoms with Crippen molar-refractivity contribution in [1.29, 1.82) is 0 Å². The van der Waals surface area contributed by atoms with Gasteiger partial charge in [-0.2, -0.15) is 0 Å². The van der Waals surface area contributed by atoms with E-state index in [1.807, 2.05) is 13.0 Å². The molecule has 0 amide bonds. The van der Waals surface area contributed by atoms with Gasteiger partial charge in [-0.15, -0.1) is 0 Å². The van der Waals surface area contributed by atoms with E-state index in [1.54, 1.807) is 26.1 Å². The third kappa shape index (κ3) is 5.43. The van der Waals surface area contributed by atoms with Crippen LogP contribution < -0.4 is 10.1 Å². The zero-order valence-corrected chi connectivity index (χ0v) is 26.6. The Morgan fingerprint density at radius 3 is 2.71 bits per heavy atom. The largest absolute Gasteiger partial charge is 0.508 e. The number of aromatic hydroxyl groups is 1. The molecule has 13 heteroatoms. The van der Waals surface area contributed by atoms with Crippen LogP contribution in [0, 0.1) is 30.6 Å². The number of rotatable bonds is 7. The first-order valence-electron chi connectivity index (χ1n) is 15.6.